The second-order valence-electron chi connectivity index (χ2n) is 4.82. The third kappa shape index (κ3) is 5.85. The van der Waals surface area contributed by atoms with Crippen molar-refractivity contribution in [3.05, 3.63) is 63.7 Å². The van der Waals surface area contributed by atoms with Crippen molar-refractivity contribution in [1.29, 1.82) is 0 Å². The number of carbonyl (C=O) groups excluding carboxylic acids is 2. The highest BCUT2D eigenvalue weighted by atomic mass is 127. The number of halogens is 1. The van der Waals surface area contributed by atoms with Gasteiger partial charge in [0.25, 0.3) is 0 Å². The van der Waals surface area contributed by atoms with Crippen LogP contribution in [0.1, 0.15) is 12.0 Å². The summed E-state index contributed by atoms with van der Waals surface area (Å²) in [6.45, 7) is 0.335. The van der Waals surface area contributed by atoms with Gasteiger partial charge >= 0.3 is 0 Å². The first-order chi connectivity index (χ1) is 10.6. The maximum atomic E-state index is 11.8. The molecule has 0 saturated heterocycles. The second-order valence-corrected chi connectivity index (χ2v) is 6.06. The Morgan fingerprint density at radius 2 is 1.59 bits per heavy atom. The molecule has 0 aromatic heterocycles. The van der Waals surface area contributed by atoms with Crippen LogP contribution in [0.2, 0.25) is 0 Å². The van der Waals surface area contributed by atoms with Crippen molar-refractivity contribution in [1.82, 2.24) is 5.32 Å². The first-order valence-corrected chi connectivity index (χ1v) is 8.07. The highest BCUT2D eigenvalue weighted by Crippen LogP contribution is 2.11. The van der Waals surface area contributed by atoms with Crippen molar-refractivity contribution in [2.24, 2.45) is 0 Å². The highest BCUT2D eigenvalue weighted by molar-refractivity contribution is 14.1. The molecule has 114 valence electrons. The summed E-state index contributed by atoms with van der Waals surface area (Å²) in [5.74, 6) is -0.186. The van der Waals surface area contributed by atoms with E-state index >= 15 is 0 Å². The average molecular weight is 408 g/mol. The number of amides is 2. The van der Waals surface area contributed by atoms with Crippen LogP contribution in [0.3, 0.4) is 0 Å². The van der Waals surface area contributed by atoms with Gasteiger partial charge in [0.15, 0.2) is 0 Å². The van der Waals surface area contributed by atoms with Gasteiger partial charge in [-0.15, -0.1) is 0 Å². The van der Waals surface area contributed by atoms with E-state index in [-0.39, 0.29) is 18.2 Å². The number of rotatable bonds is 6. The zero-order valence-electron chi connectivity index (χ0n) is 12.0. The van der Waals surface area contributed by atoms with Gasteiger partial charge in [-0.25, -0.2) is 0 Å². The van der Waals surface area contributed by atoms with Crippen LogP contribution < -0.4 is 10.6 Å². The van der Waals surface area contributed by atoms with Gasteiger partial charge in [0.1, 0.15) is 0 Å². The van der Waals surface area contributed by atoms with Crippen LogP contribution in [-0.4, -0.2) is 18.4 Å². The van der Waals surface area contributed by atoms with E-state index in [0.717, 1.165) is 14.8 Å². The summed E-state index contributed by atoms with van der Waals surface area (Å²) in [6.07, 6.45) is 0.589. The van der Waals surface area contributed by atoms with Gasteiger partial charge in [0.05, 0.1) is 6.42 Å². The molecule has 2 aromatic rings. The molecule has 2 N–H and O–H groups in total. The van der Waals surface area contributed by atoms with Crippen LogP contribution >= 0.6 is 22.6 Å². The lowest BCUT2D eigenvalue weighted by atomic mass is 10.1. The minimum Gasteiger partial charge on any atom is -0.355 e. The maximum absolute atomic E-state index is 11.8. The number of nitrogens with one attached hydrogen (secondary N) is 2. The Kier molecular flexibility index (Phi) is 6.39. The summed E-state index contributed by atoms with van der Waals surface area (Å²) in [4.78, 5) is 23.5. The van der Waals surface area contributed by atoms with E-state index in [1.165, 1.54) is 0 Å². The minimum atomic E-state index is -0.110. The Morgan fingerprint density at radius 1 is 0.909 bits per heavy atom. The Balaban J connectivity index is 1.68. The van der Waals surface area contributed by atoms with E-state index in [2.05, 4.69) is 33.2 Å². The van der Waals surface area contributed by atoms with Crippen molar-refractivity contribution in [3.8, 4) is 0 Å². The molecule has 0 saturated carbocycles. The molecule has 2 amide bonds. The molecule has 0 aliphatic rings. The van der Waals surface area contributed by atoms with Crippen molar-refractivity contribution in [2.75, 3.05) is 11.9 Å². The first-order valence-electron chi connectivity index (χ1n) is 6.99. The molecule has 0 bridgehead atoms. The number of benzene rings is 2. The monoisotopic (exact) mass is 408 g/mol. The number of hydrogen-bond acceptors (Lipinski definition) is 2. The van der Waals surface area contributed by atoms with E-state index < -0.39 is 0 Å². The van der Waals surface area contributed by atoms with Gasteiger partial charge < -0.3 is 10.6 Å². The fourth-order valence-electron chi connectivity index (χ4n) is 1.92. The van der Waals surface area contributed by atoms with E-state index in [0.29, 0.717) is 13.0 Å². The molecule has 0 aliphatic carbocycles. The zero-order valence-corrected chi connectivity index (χ0v) is 14.2. The lowest BCUT2D eigenvalue weighted by Crippen LogP contribution is -2.28. The summed E-state index contributed by atoms with van der Waals surface area (Å²) in [6, 6.07) is 17.1. The standard InChI is InChI=1S/C17H17IN2O2/c18-14-6-8-15(9-7-14)20-16(21)10-11-19-17(22)12-13-4-2-1-3-5-13/h1-9H,10-12H2,(H,19,22)(H,20,21). The summed E-state index contributed by atoms with van der Waals surface area (Å²) >= 11 is 2.21. The van der Waals surface area contributed by atoms with Crippen molar-refractivity contribution >= 4 is 40.1 Å². The SMILES string of the molecule is O=C(Cc1ccccc1)NCCC(=O)Nc1ccc(I)cc1. The van der Waals surface area contributed by atoms with Crippen LogP contribution in [0.15, 0.2) is 54.6 Å². The molecule has 0 unspecified atom stereocenters. The van der Waals surface area contributed by atoms with Crippen LogP contribution in [0.25, 0.3) is 0 Å². The Hall–Kier alpha value is -1.89. The van der Waals surface area contributed by atoms with Crippen molar-refractivity contribution < 1.29 is 9.59 Å². The fraction of sp³-hybridized carbons (Fsp3) is 0.176. The summed E-state index contributed by atoms with van der Waals surface area (Å²) in [5, 5.41) is 5.55. The largest absolute Gasteiger partial charge is 0.355 e. The molecule has 2 aromatic carbocycles. The summed E-state index contributed by atoms with van der Waals surface area (Å²) < 4.78 is 1.11. The number of anilines is 1. The van der Waals surface area contributed by atoms with Crippen LogP contribution in [-0.2, 0) is 16.0 Å². The summed E-state index contributed by atoms with van der Waals surface area (Å²) in [5.41, 5.74) is 1.73. The van der Waals surface area contributed by atoms with Gasteiger partial charge in [-0.3, -0.25) is 9.59 Å². The molecular formula is C17H17IN2O2. The maximum Gasteiger partial charge on any atom is 0.226 e. The quantitative estimate of drug-likeness (QED) is 0.723. The average Bonchev–Trinajstić information content (AvgIpc) is 2.50. The van der Waals surface area contributed by atoms with E-state index in [1.807, 2.05) is 54.6 Å². The third-order valence-corrected chi connectivity index (χ3v) is 3.73. The molecule has 0 heterocycles. The van der Waals surface area contributed by atoms with Crippen LogP contribution in [0.5, 0.6) is 0 Å². The van der Waals surface area contributed by atoms with E-state index in [9.17, 15) is 9.59 Å². The second kappa shape index (κ2) is 8.53. The molecule has 22 heavy (non-hydrogen) atoms. The normalized spacial score (nSPS) is 10.0. The Labute approximate surface area is 143 Å². The van der Waals surface area contributed by atoms with Gasteiger partial charge in [0.2, 0.25) is 11.8 Å². The Bertz CT molecular complexity index is 627. The van der Waals surface area contributed by atoms with Crippen molar-refractivity contribution in [3.63, 3.8) is 0 Å². The molecule has 0 aliphatic heterocycles. The summed E-state index contributed by atoms with van der Waals surface area (Å²) in [7, 11) is 0. The predicted molar refractivity (Wildman–Crippen MR) is 95.6 cm³/mol. The molecule has 0 fully saturated rings. The lowest BCUT2D eigenvalue weighted by molar-refractivity contribution is -0.120. The van der Waals surface area contributed by atoms with E-state index in [4.69, 9.17) is 0 Å². The van der Waals surface area contributed by atoms with Gasteiger partial charge in [-0.05, 0) is 52.4 Å². The molecule has 4 nitrogen and oxygen atoms in total. The predicted octanol–water partition coefficient (Wildman–Crippen LogP) is 2.98. The number of hydrogen-bond donors (Lipinski definition) is 2. The van der Waals surface area contributed by atoms with Gasteiger partial charge in [-0.2, -0.15) is 0 Å². The molecule has 0 radical (unpaired) electrons. The van der Waals surface area contributed by atoms with Crippen molar-refractivity contribution in [2.45, 2.75) is 12.8 Å². The fourth-order valence-corrected chi connectivity index (χ4v) is 2.28. The van der Waals surface area contributed by atoms with Gasteiger partial charge in [-0.1, -0.05) is 30.3 Å². The first kappa shape index (κ1) is 16.5. The van der Waals surface area contributed by atoms with Crippen LogP contribution in [0.4, 0.5) is 5.69 Å². The smallest absolute Gasteiger partial charge is 0.226 e. The van der Waals surface area contributed by atoms with Crippen LogP contribution in [0, 0.1) is 3.57 Å². The lowest BCUT2D eigenvalue weighted by Gasteiger charge is -2.07. The topological polar surface area (TPSA) is 58.2 Å². The third-order valence-electron chi connectivity index (χ3n) is 3.01. The minimum absolute atomic E-state index is 0.0757. The zero-order chi connectivity index (χ0) is 15.8. The molecule has 0 spiro atoms. The molecule has 5 heteroatoms. The number of carbonyl (C=O) groups is 2. The van der Waals surface area contributed by atoms with Gasteiger partial charge in [0, 0.05) is 22.2 Å². The van der Waals surface area contributed by atoms with E-state index in [1.54, 1.807) is 0 Å². The Morgan fingerprint density at radius 3 is 2.27 bits per heavy atom. The molecule has 0 atom stereocenters. The molecule has 2 rings (SSSR count). The highest BCUT2D eigenvalue weighted by Gasteiger charge is 2.05. The molecular weight excluding hydrogens is 391 g/mol.